The van der Waals surface area contributed by atoms with Crippen molar-refractivity contribution in [3.05, 3.63) is 42.4 Å². The predicted molar refractivity (Wildman–Crippen MR) is 85.6 cm³/mol. The Balaban J connectivity index is 1.84. The van der Waals surface area contributed by atoms with E-state index in [-0.39, 0.29) is 12.1 Å². The van der Waals surface area contributed by atoms with Crippen LogP contribution in [0.4, 0.5) is 10.6 Å². The number of carbonyl (C=O) groups is 1. The van der Waals surface area contributed by atoms with Gasteiger partial charge in [-0.15, -0.1) is 0 Å². The first-order chi connectivity index (χ1) is 10.5. The molecule has 0 radical (unpaired) electrons. The van der Waals surface area contributed by atoms with Crippen molar-refractivity contribution in [3.63, 3.8) is 0 Å². The Bertz CT molecular complexity index is 595. The molecule has 0 saturated heterocycles. The maximum Gasteiger partial charge on any atom is 0.320 e. The van der Waals surface area contributed by atoms with Gasteiger partial charge in [-0.3, -0.25) is 15.0 Å². The molecule has 0 aromatic carbocycles. The lowest BCUT2D eigenvalue weighted by Gasteiger charge is -2.14. The van der Waals surface area contributed by atoms with Crippen LogP contribution in [0.2, 0.25) is 0 Å². The fraction of sp³-hybridized carbons (Fsp3) is 0.400. The summed E-state index contributed by atoms with van der Waals surface area (Å²) in [5.41, 5.74) is 1.00. The summed E-state index contributed by atoms with van der Waals surface area (Å²) in [6.45, 7) is 3.60. The zero-order valence-electron chi connectivity index (χ0n) is 13.2. The van der Waals surface area contributed by atoms with Gasteiger partial charge in [0.25, 0.3) is 0 Å². The number of carbonyl (C=O) groups excluding carboxylic acids is 1. The van der Waals surface area contributed by atoms with E-state index < -0.39 is 0 Å². The molecule has 22 heavy (non-hydrogen) atoms. The van der Waals surface area contributed by atoms with Crippen LogP contribution in [-0.2, 0) is 6.54 Å². The molecule has 2 aromatic heterocycles. The van der Waals surface area contributed by atoms with Crippen LogP contribution < -0.4 is 10.6 Å². The molecule has 0 fully saturated rings. The second kappa shape index (κ2) is 7.56. The van der Waals surface area contributed by atoms with Gasteiger partial charge in [-0.25, -0.2) is 4.79 Å². The highest BCUT2D eigenvalue weighted by molar-refractivity contribution is 5.88. The SMILES string of the molecule is C[C@@H](NC(=O)Nc1ccn(CCN(C)C)n1)c1ccncc1. The summed E-state index contributed by atoms with van der Waals surface area (Å²) in [6, 6.07) is 5.16. The van der Waals surface area contributed by atoms with Crippen molar-refractivity contribution in [3.8, 4) is 0 Å². The van der Waals surface area contributed by atoms with Crippen LogP contribution in [0.1, 0.15) is 18.5 Å². The summed E-state index contributed by atoms with van der Waals surface area (Å²) in [4.78, 5) is 18.0. The van der Waals surface area contributed by atoms with Gasteiger partial charge < -0.3 is 10.2 Å². The van der Waals surface area contributed by atoms with E-state index in [1.54, 1.807) is 18.5 Å². The highest BCUT2D eigenvalue weighted by Gasteiger charge is 2.10. The third-order valence-electron chi connectivity index (χ3n) is 3.21. The lowest BCUT2D eigenvalue weighted by atomic mass is 10.1. The van der Waals surface area contributed by atoms with Crippen LogP contribution >= 0.6 is 0 Å². The van der Waals surface area contributed by atoms with Gasteiger partial charge in [0, 0.05) is 31.2 Å². The Kier molecular flexibility index (Phi) is 5.48. The van der Waals surface area contributed by atoms with Crippen molar-refractivity contribution in [2.75, 3.05) is 26.0 Å². The highest BCUT2D eigenvalue weighted by Crippen LogP contribution is 2.10. The van der Waals surface area contributed by atoms with Crippen LogP contribution in [0.15, 0.2) is 36.8 Å². The number of nitrogens with zero attached hydrogens (tertiary/aromatic N) is 4. The second-order valence-electron chi connectivity index (χ2n) is 5.37. The molecule has 0 spiro atoms. The predicted octanol–water partition coefficient (Wildman–Crippen LogP) is 1.72. The van der Waals surface area contributed by atoms with Crippen LogP contribution in [0.5, 0.6) is 0 Å². The van der Waals surface area contributed by atoms with Gasteiger partial charge in [-0.1, -0.05) is 0 Å². The van der Waals surface area contributed by atoms with Crippen molar-refractivity contribution >= 4 is 11.8 Å². The molecule has 0 aliphatic rings. The monoisotopic (exact) mass is 302 g/mol. The standard InChI is InChI=1S/C15H22N6O/c1-12(13-4-7-16-8-5-13)17-15(22)18-14-6-9-21(19-14)11-10-20(2)3/h4-9,12H,10-11H2,1-3H3,(H2,17,18,19,22)/t12-/m1/s1. The maximum atomic E-state index is 12.0. The number of likely N-dealkylation sites (N-methyl/N-ethyl adjacent to an activating group) is 1. The number of anilines is 1. The van der Waals surface area contributed by atoms with Crippen LogP contribution in [0.3, 0.4) is 0 Å². The van der Waals surface area contributed by atoms with Crippen molar-refractivity contribution in [2.24, 2.45) is 0 Å². The number of aromatic nitrogens is 3. The van der Waals surface area contributed by atoms with Crippen LogP contribution in [0, 0.1) is 0 Å². The lowest BCUT2D eigenvalue weighted by Crippen LogP contribution is -2.31. The average Bonchev–Trinajstić information content (AvgIpc) is 2.93. The number of rotatable bonds is 6. The summed E-state index contributed by atoms with van der Waals surface area (Å²) < 4.78 is 1.81. The smallest absolute Gasteiger partial charge is 0.320 e. The summed E-state index contributed by atoms with van der Waals surface area (Å²) in [5.74, 6) is 0.540. The number of nitrogens with one attached hydrogen (secondary N) is 2. The molecule has 1 atom stereocenters. The number of urea groups is 1. The van der Waals surface area contributed by atoms with E-state index in [0.29, 0.717) is 5.82 Å². The molecular weight excluding hydrogens is 280 g/mol. The Morgan fingerprint density at radius 1 is 1.32 bits per heavy atom. The minimum atomic E-state index is -0.276. The molecular formula is C15H22N6O. The third kappa shape index (κ3) is 4.85. The quantitative estimate of drug-likeness (QED) is 0.852. The minimum Gasteiger partial charge on any atom is -0.331 e. The molecule has 2 N–H and O–H groups in total. The van der Waals surface area contributed by atoms with E-state index in [0.717, 1.165) is 18.7 Å². The molecule has 2 heterocycles. The Morgan fingerprint density at radius 3 is 2.73 bits per heavy atom. The first-order valence-electron chi connectivity index (χ1n) is 7.20. The Labute approximate surface area is 130 Å². The fourth-order valence-corrected chi connectivity index (χ4v) is 1.94. The first kappa shape index (κ1) is 16.0. The Hall–Kier alpha value is -2.41. The maximum absolute atomic E-state index is 12.0. The molecule has 0 unspecified atom stereocenters. The minimum absolute atomic E-state index is 0.0983. The molecule has 0 aliphatic carbocycles. The summed E-state index contributed by atoms with van der Waals surface area (Å²) >= 11 is 0. The number of hydrogen-bond donors (Lipinski definition) is 2. The number of amides is 2. The summed E-state index contributed by atoms with van der Waals surface area (Å²) in [7, 11) is 4.02. The number of pyridine rings is 1. The molecule has 0 bridgehead atoms. The van der Waals surface area contributed by atoms with Crippen LogP contribution in [-0.4, -0.2) is 46.3 Å². The number of hydrogen-bond acceptors (Lipinski definition) is 4. The van der Waals surface area contributed by atoms with Gasteiger partial charge in [0.2, 0.25) is 0 Å². The molecule has 7 nitrogen and oxygen atoms in total. The Morgan fingerprint density at radius 2 is 2.05 bits per heavy atom. The topological polar surface area (TPSA) is 75.1 Å². The van der Waals surface area contributed by atoms with Crippen molar-refractivity contribution < 1.29 is 4.79 Å². The normalized spacial score (nSPS) is 12.2. The zero-order valence-corrected chi connectivity index (χ0v) is 13.2. The molecule has 0 saturated carbocycles. The van der Waals surface area contributed by atoms with E-state index >= 15 is 0 Å². The average molecular weight is 302 g/mol. The molecule has 7 heteroatoms. The summed E-state index contributed by atoms with van der Waals surface area (Å²) in [6.07, 6.45) is 5.26. The van der Waals surface area contributed by atoms with Crippen molar-refractivity contribution in [2.45, 2.75) is 19.5 Å². The summed E-state index contributed by atoms with van der Waals surface area (Å²) in [5, 5.41) is 9.92. The molecule has 118 valence electrons. The van der Waals surface area contributed by atoms with E-state index in [9.17, 15) is 4.79 Å². The third-order valence-corrected chi connectivity index (χ3v) is 3.21. The van der Waals surface area contributed by atoms with Gasteiger partial charge >= 0.3 is 6.03 Å². The van der Waals surface area contributed by atoms with Gasteiger partial charge in [0.1, 0.15) is 0 Å². The van der Waals surface area contributed by atoms with Crippen molar-refractivity contribution in [1.29, 1.82) is 0 Å². The van der Waals surface area contributed by atoms with E-state index in [4.69, 9.17) is 0 Å². The van der Waals surface area contributed by atoms with E-state index in [1.807, 2.05) is 44.0 Å². The fourth-order valence-electron chi connectivity index (χ4n) is 1.94. The van der Waals surface area contributed by atoms with E-state index in [1.165, 1.54) is 0 Å². The van der Waals surface area contributed by atoms with Crippen LogP contribution in [0.25, 0.3) is 0 Å². The molecule has 2 amide bonds. The van der Waals surface area contributed by atoms with Gasteiger partial charge in [0.05, 0.1) is 12.6 Å². The lowest BCUT2D eigenvalue weighted by molar-refractivity contribution is 0.249. The molecule has 0 aliphatic heterocycles. The molecule has 2 aromatic rings. The molecule has 2 rings (SSSR count). The zero-order chi connectivity index (χ0) is 15.9. The first-order valence-corrected chi connectivity index (χ1v) is 7.20. The largest absolute Gasteiger partial charge is 0.331 e. The van der Waals surface area contributed by atoms with Gasteiger partial charge in [0.15, 0.2) is 5.82 Å². The van der Waals surface area contributed by atoms with E-state index in [2.05, 4.69) is 25.6 Å². The van der Waals surface area contributed by atoms with Gasteiger partial charge in [-0.05, 0) is 38.7 Å². The highest BCUT2D eigenvalue weighted by atomic mass is 16.2. The van der Waals surface area contributed by atoms with Crippen molar-refractivity contribution in [1.82, 2.24) is 25.0 Å². The second-order valence-corrected chi connectivity index (χ2v) is 5.37. The van der Waals surface area contributed by atoms with Gasteiger partial charge in [-0.2, -0.15) is 5.10 Å².